The van der Waals surface area contributed by atoms with Gasteiger partial charge in [0.25, 0.3) is 0 Å². The molecular formula is C58H42N4O. The van der Waals surface area contributed by atoms with E-state index < -0.39 is 0 Å². The molecule has 300 valence electrons. The third-order valence-electron chi connectivity index (χ3n) is 13.0. The summed E-state index contributed by atoms with van der Waals surface area (Å²) >= 11 is 0. The van der Waals surface area contributed by atoms with Crippen molar-refractivity contribution in [1.82, 2.24) is 19.5 Å². The molecule has 12 aromatic rings. The second-order valence-electron chi connectivity index (χ2n) is 16.8. The third kappa shape index (κ3) is 5.52. The molecule has 0 amide bonds. The van der Waals surface area contributed by atoms with Crippen LogP contribution in [0.4, 0.5) is 0 Å². The summed E-state index contributed by atoms with van der Waals surface area (Å²) in [7, 11) is 0. The summed E-state index contributed by atoms with van der Waals surface area (Å²) in [5.41, 5.74) is 12.9. The molecule has 0 radical (unpaired) electrons. The third-order valence-corrected chi connectivity index (χ3v) is 13.0. The van der Waals surface area contributed by atoms with Gasteiger partial charge in [-0.2, -0.15) is 9.97 Å². The van der Waals surface area contributed by atoms with E-state index in [1.165, 1.54) is 44.0 Å². The Balaban J connectivity index is 0.00000208. The Morgan fingerprint density at radius 1 is 0.444 bits per heavy atom. The van der Waals surface area contributed by atoms with Gasteiger partial charge in [0, 0.05) is 43.7 Å². The van der Waals surface area contributed by atoms with E-state index >= 15 is 0 Å². The van der Waals surface area contributed by atoms with Crippen molar-refractivity contribution in [2.24, 2.45) is 0 Å². The van der Waals surface area contributed by atoms with Crippen molar-refractivity contribution in [3.8, 4) is 51.0 Å². The van der Waals surface area contributed by atoms with Gasteiger partial charge in [0.1, 0.15) is 11.2 Å². The molecular weight excluding hydrogens is 769 g/mol. The van der Waals surface area contributed by atoms with Crippen molar-refractivity contribution < 1.29 is 4.42 Å². The lowest BCUT2D eigenvalue weighted by atomic mass is 9.82. The van der Waals surface area contributed by atoms with Crippen molar-refractivity contribution in [1.29, 1.82) is 0 Å². The van der Waals surface area contributed by atoms with Crippen LogP contribution in [0.1, 0.15) is 38.8 Å². The summed E-state index contributed by atoms with van der Waals surface area (Å²) in [6.45, 7) is 8.68. The maximum atomic E-state index is 6.40. The van der Waals surface area contributed by atoms with E-state index in [0.717, 1.165) is 65.8 Å². The minimum atomic E-state index is -0.141. The van der Waals surface area contributed by atoms with Gasteiger partial charge < -0.3 is 4.42 Å². The molecule has 5 heteroatoms. The van der Waals surface area contributed by atoms with Crippen molar-refractivity contribution in [3.63, 3.8) is 0 Å². The lowest BCUT2D eigenvalue weighted by molar-refractivity contribution is 0.660. The zero-order valence-electron chi connectivity index (χ0n) is 35.5. The van der Waals surface area contributed by atoms with Crippen molar-refractivity contribution in [2.75, 3.05) is 0 Å². The first-order valence-electron chi connectivity index (χ1n) is 21.9. The highest BCUT2D eigenvalue weighted by molar-refractivity contribution is 6.24. The lowest BCUT2D eigenvalue weighted by Gasteiger charge is -2.21. The molecule has 13 rings (SSSR count). The zero-order chi connectivity index (χ0) is 42.4. The first-order valence-corrected chi connectivity index (χ1v) is 21.9. The molecule has 3 heterocycles. The van der Waals surface area contributed by atoms with Crippen LogP contribution in [-0.2, 0) is 5.41 Å². The van der Waals surface area contributed by atoms with Crippen LogP contribution in [0.3, 0.4) is 0 Å². The SMILES string of the molecule is CC.CC1(C)c2ccccc2-c2c(-c3cccc4c5c6ccccc6ccc5n(-c5nc(-c6ccc7ccccc7c6)nc(-c6ccc7c(c6)oc6ccccc67)n5)c34)cccc21. The van der Waals surface area contributed by atoms with Gasteiger partial charge in [-0.1, -0.05) is 179 Å². The fourth-order valence-electron chi connectivity index (χ4n) is 10.2. The summed E-state index contributed by atoms with van der Waals surface area (Å²) < 4.78 is 8.69. The van der Waals surface area contributed by atoms with Crippen molar-refractivity contribution in [3.05, 3.63) is 193 Å². The van der Waals surface area contributed by atoms with Gasteiger partial charge >= 0.3 is 0 Å². The average molecular weight is 811 g/mol. The molecule has 0 N–H and O–H groups in total. The van der Waals surface area contributed by atoms with Crippen LogP contribution in [0.5, 0.6) is 0 Å². The van der Waals surface area contributed by atoms with Crippen LogP contribution in [0.15, 0.2) is 186 Å². The number of furan rings is 1. The van der Waals surface area contributed by atoms with Gasteiger partial charge in [-0.3, -0.25) is 4.57 Å². The molecule has 0 saturated heterocycles. The maximum absolute atomic E-state index is 6.40. The van der Waals surface area contributed by atoms with E-state index in [1.54, 1.807) is 0 Å². The van der Waals surface area contributed by atoms with E-state index in [-0.39, 0.29) is 5.41 Å². The first-order chi connectivity index (χ1) is 31.0. The van der Waals surface area contributed by atoms with E-state index in [0.29, 0.717) is 17.6 Å². The Labute approximate surface area is 365 Å². The van der Waals surface area contributed by atoms with Crippen LogP contribution in [0.2, 0.25) is 0 Å². The number of para-hydroxylation sites is 2. The van der Waals surface area contributed by atoms with E-state index in [4.69, 9.17) is 19.4 Å². The molecule has 0 unspecified atom stereocenters. The standard InChI is InChI=1S/C56H36N4O.C2H6/c1-56(2)45-22-9-7-18-43(45)50-41(19-12-23-46(50)56)42-20-11-21-44-51-38-16-6-5-14-34(38)28-30-47(51)60(52(42)44)55-58-53(36-26-25-33-13-3-4-15-35(33)31-36)57-54(59-55)37-27-29-40-39-17-8-10-24-48(39)61-49(40)32-37;1-2/h3-32H,1-2H3;1-2H3. The van der Waals surface area contributed by atoms with Gasteiger partial charge in [-0.25, -0.2) is 4.98 Å². The Hall–Kier alpha value is -7.89. The Kier molecular flexibility index (Phi) is 8.25. The number of benzene rings is 9. The maximum Gasteiger partial charge on any atom is 0.238 e. The molecule has 0 bridgehead atoms. The molecule has 5 nitrogen and oxygen atoms in total. The minimum Gasteiger partial charge on any atom is -0.456 e. The minimum absolute atomic E-state index is 0.141. The Morgan fingerprint density at radius 2 is 1.05 bits per heavy atom. The molecule has 63 heavy (non-hydrogen) atoms. The molecule has 0 atom stereocenters. The molecule has 0 saturated carbocycles. The number of fused-ring (bicyclic) bond motifs is 12. The highest BCUT2D eigenvalue weighted by atomic mass is 16.3. The molecule has 0 aliphatic heterocycles. The van der Waals surface area contributed by atoms with Gasteiger partial charge in [-0.15, -0.1) is 0 Å². The molecule has 1 aliphatic carbocycles. The average Bonchev–Trinajstić information content (AvgIpc) is 3.97. The Morgan fingerprint density at radius 3 is 1.90 bits per heavy atom. The summed E-state index contributed by atoms with van der Waals surface area (Å²) in [6.07, 6.45) is 0. The van der Waals surface area contributed by atoms with Gasteiger partial charge in [0.15, 0.2) is 11.6 Å². The van der Waals surface area contributed by atoms with Crippen LogP contribution in [-0.4, -0.2) is 19.5 Å². The van der Waals surface area contributed by atoms with E-state index in [1.807, 2.05) is 32.0 Å². The number of hydrogen-bond donors (Lipinski definition) is 0. The van der Waals surface area contributed by atoms with Crippen LogP contribution >= 0.6 is 0 Å². The van der Waals surface area contributed by atoms with E-state index in [2.05, 4.69) is 182 Å². The van der Waals surface area contributed by atoms with Gasteiger partial charge in [-0.05, 0) is 79.7 Å². The fraction of sp³-hybridized carbons (Fsp3) is 0.0862. The second kappa shape index (κ2) is 14.1. The van der Waals surface area contributed by atoms with Crippen LogP contribution < -0.4 is 0 Å². The molecule has 9 aromatic carbocycles. The zero-order valence-corrected chi connectivity index (χ0v) is 35.5. The predicted octanol–water partition coefficient (Wildman–Crippen LogP) is 15.5. The highest BCUT2D eigenvalue weighted by Gasteiger charge is 2.37. The number of nitrogens with zero attached hydrogens (tertiary/aromatic N) is 4. The van der Waals surface area contributed by atoms with E-state index in [9.17, 15) is 0 Å². The summed E-state index contributed by atoms with van der Waals surface area (Å²) in [5, 5.41) is 9.11. The van der Waals surface area contributed by atoms with Gasteiger partial charge in [0.2, 0.25) is 5.95 Å². The quantitative estimate of drug-likeness (QED) is 0.178. The summed E-state index contributed by atoms with van der Waals surface area (Å²) in [4.78, 5) is 16.1. The van der Waals surface area contributed by atoms with Crippen LogP contribution in [0.25, 0.3) is 116 Å². The van der Waals surface area contributed by atoms with Crippen molar-refractivity contribution >= 4 is 65.3 Å². The molecule has 0 spiro atoms. The number of hydrogen-bond acceptors (Lipinski definition) is 4. The first kappa shape index (κ1) is 36.9. The predicted molar refractivity (Wildman–Crippen MR) is 262 cm³/mol. The second-order valence-corrected chi connectivity index (χ2v) is 16.8. The van der Waals surface area contributed by atoms with Crippen molar-refractivity contribution in [2.45, 2.75) is 33.1 Å². The molecule has 3 aromatic heterocycles. The molecule has 1 aliphatic rings. The summed E-state index contributed by atoms with van der Waals surface area (Å²) in [5.74, 6) is 1.72. The number of rotatable bonds is 4. The largest absolute Gasteiger partial charge is 0.456 e. The lowest BCUT2D eigenvalue weighted by Crippen LogP contribution is -2.14. The topological polar surface area (TPSA) is 56.7 Å². The summed E-state index contributed by atoms with van der Waals surface area (Å²) in [6, 6.07) is 64.8. The fourth-order valence-corrected chi connectivity index (χ4v) is 10.2. The smallest absolute Gasteiger partial charge is 0.238 e. The normalized spacial score (nSPS) is 12.9. The Bertz CT molecular complexity index is 3810. The molecule has 0 fully saturated rings. The number of aromatic nitrogens is 4. The highest BCUT2D eigenvalue weighted by Crippen LogP contribution is 2.53. The monoisotopic (exact) mass is 810 g/mol. The van der Waals surface area contributed by atoms with Gasteiger partial charge in [0.05, 0.1) is 11.0 Å². The van der Waals surface area contributed by atoms with Crippen LogP contribution in [0, 0.1) is 0 Å².